The number of sulfonamides is 1. The lowest BCUT2D eigenvalue weighted by molar-refractivity contribution is 0.102. The number of thioether (sulfide) groups is 1. The van der Waals surface area contributed by atoms with E-state index in [1.807, 2.05) is 19.2 Å². The Morgan fingerprint density at radius 2 is 1.86 bits per heavy atom. The maximum absolute atomic E-state index is 12.6. The van der Waals surface area contributed by atoms with Crippen LogP contribution in [0.4, 0.5) is 5.69 Å². The van der Waals surface area contributed by atoms with E-state index in [4.69, 9.17) is 9.47 Å². The molecule has 29 heavy (non-hydrogen) atoms. The van der Waals surface area contributed by atoms with Crippen molar-refractivity contribution in [1.29, 1.82) is 0 Å². The molecule has 2 aromatic rings. The normalized spacial score (nSPS) is 11.3. The van der Waals surface area contributed by atoms with Crippen LogP contribution in [0.5, 0.6) is 5.75 Å². The Kier molecular flexibility index (Phi) is 8.97. The minimum atomic E-state index is -3.60. The summed E-state index contributed by atoms with van der Waals surface area (Å²) in [6, 6.07) is 11.3. The number of hydrogen-bond donors (Lipinski definition) is 2. The van der Waals surface area contributed by atoms with Crippen molar-refractivity contribution in [3.8, 4) is 5.75 Å². The Morgan fingerprint density at radius 3 is 2.48 bits per heavy atom. The smallest absolute Gasteiger partial charge is 0.259 e. The van der Waals surface area contributed by atoms with Gasteiger partial charge in [0, 0.05) is 30.3 Å². The average Bonchev–Trinajstić information content (AvgIpc) is 2.73. The third-order valence-electron chi connectivity index (χ3n) is 4.04. The van der Waals surface area contributed by atoms with Crippen LogP contribution in [0.1, 0.15) is 23.7 Å². The molecule has 9 heteroatoms. The number of hydrogen-bond acceptors (Lipinski definition) is 6. The number of carbonyl (C=O) groups excluding carboxylic acids is 1. The van der Waals surface area contributed by atoms with Gasteiger partial charge in [0.2, 0.25) is 10.0 Å². The zero-order chi connectivity index (χ0) is 21.3. The van der Waals surface area contributed by atoms with E-state index in [-0.39, 0.29) is 10.8 Å². The van der Waals surface area contributed by atoms with Crippen LogP contribution in [-0.4, -0.2) is 47.4 Å². The zero-order valence-electron chi connectivity index (χ0n) is 16.7. The molecule has 0 aliphatic rings. The number of ether oxygens (including phenoxy) is 2. The van der Waals surface area contributed by atoms with Crippen molar-refractivity contribution in [3.05, 3.63) is 48.0 Å². The third-order valence-corrected chi connectivity index (χ3v) is 6.24. The molecule has 0 atom stereocenters. The Labute approximate surface area is 176 Å². The molecule has 0 aromatic heterocycles. The SMILES string of the molecule is CCOCCCNS(=O)(=O)c1ccc(NC(=O)c2ccc(SC)cc2OC)cc1. The van der Waals surface area contributed by atoms with Crippen molar-refractivity contribution in [1.82, 2.24) is 4.72 Å². The summed E-state index contributed by atoms with van der Waals surface area (Å²) in [7, 11) is -2.09. The number of carbonyl (C=O) groups is 1. The summed E-state index contributed by atoms with van der Waals surface area (Å²) in [5.74, 6) is 0.143. The molecule has 0 radical (unpaired) electrons. The van der Waals surface area contributed by atoms with E-state index >= 15 is 0 Å². The average molecular weight is 439 g/mol. The monoisotopic (exact) mass is 438 g/mol. The van der Waals surface area contributed by atoms with E-state index in [9.17, 15) is 13.2 Å². The summed E-state index contributed by atoms with van der Waals surface area (Å²) in [5, 5.41) is 2.76. The first-order valence-electron chi connectivity index (χ1n) is 9.12. The highest BCUT2D eigenvalue weighted by Gasteiger charge is 2.15. The Morgan fingerprint density at radius 1 is 1.14 bits per heavy atom. The number of nitrogens with one attached hydrogen (secondary N) is 2. The largest absolute Gasteiger partial charge is 0.496 e. The van der Waals surface area contributed by atoms with Gasteiger partial charge >= 0.3 is 0 Å². The molecule has 0 saturated heterocycles. The number of rotatable bonds is 11. The predicted molar refractivity (Wildman–Crippen MR) is 115 cm³/mol. The lowest BCUT2D eigenvalue weighted by atomic mass is 10.2. The highest BCUT2D eigenvalue weighted by Crippen LogP contribution is 2.26. The maximum Gasteiger partial charge on any atom is 0.259 e. The lowest BCUT2D eigenvalue weighted by Crippen LogP contribution is -2.25. The third kappa shape index (κ3) is 6.74. The first kappa shape index (κ1) is 23.2. The Balaban J connectivity index is 2.02. The van der Waals surface area contributed by atoms with E-state index in [1.165, 1.54) is 19.2 Å². The first-order chi connectivity index (χ1) is 13.9. The van der Waals surface area contributed by atoms with Gasteiger partial charge in [0.15, 0.2) is 0 Å². The molecule has 2 rings (SSSR count). The fourth-order valence-electron chi connectivity index (χ4n) is 2.51. The molecule has 158 valence electrons. The Bertz CT molecular complexity index is 915. The van der Waals surface area contributed by atoms with Crippen molar-refractivity contribution in [2.24, 2.45) is 0 Å². The molecular weight excluding hydrogens is 412 g/mol. The fraction of sp³-hybridized carbons (Fsp3) is 0.350. The highest BCUT2D eigenvalue weighted by atomic mass is 32.2. The molecule has 0 bridgehead atoms. The summed E-state index contributed by atoms with van der Waals surface area (Å²) in [4.78, 5) is 13.7. The standard InChI is InChI=1S/C20H26N2O5S2/c1-4-27-13-5-12-21-29(24,25)17-9-6-15(7-10-17)22-20(23)18-11-8-16(28-3)14-19(18)26-2/h6-11,14,21H,4-5,12-13H2,1-3H3,(H,22,23). The fourth-order valence-corrected chi connectivity index (χ4v) is 4.01. The second-order valence-corrected chi connectivity index (χ2v) is 8.64. The van der Waals surface area contributed by atoms with Crippen molar-refractivity contribution in [2.45, 2.75) is 23.1 Å². The van der Waals surface area contributed by atoms with Gasteiger partial charge in [0.05, 0.1) is 17.6 Å². The van der Waals surface area contributed by atoms with E-state index < -0.39 is 10.0 Å². The van der Waals surface area contributed by atoms with Crippen molar-refractivity contribution < 1.29 is 22.7 Å². The van der Waals surface area contributed by atoms with Gasteiger partial charge in [0.25, 0.3) is 5.91 Å². The molecule has 2 N–H and O–H groups in total. The summed E-state index contributed by atoms with van der Waals surface area (Å²) in [6.45, 7) is 3.30. The van der Waals surface area contributed by atoms with E-state index in [1.54, 1.807) is 36.0 Å². The lowest BCUT2D eigenvalue weighted by Gasteiger charge is -2.11. The van der Waals surface area contributed by atoms with Crippen LogP contribution in [-0.2, 0) is 14.8 Å². The van der Waals surface area contributed by atoms with Crippen LogP contribution in [0, 0.1) is 0 Å². The van der Waals surface area contributed by atoms with Crippen LogP contribution >= 0.6 is 11.8 Å². The number of anilines is 1. The van der Waals surface area contributed by atoms with Crippen LogP contribution in [0.2, 0.25) is 0 Å². The van der Waals surface area contributed by atoms with Crippen LogP contribution in [0.25, 0.3) is 0 Å². The summed E-state index contributed by atoms with van der Waals surface area (Å²) < 4.78 is 37.6. The predicted octanol–water partition coefficient (Wildman–Crippen LogP) is 3.37. The topological polar surface area (TPSA) is 93.7 Å². The second-order valence-electron chi connectivity index (χ2n) is 5.99. The Hall–Kier alpha value is -2.07. The van der Waals surface area contributed by atoms with Gasteiger partial charge in [-0.3, -0.25) is 4.79 Å². The molecular formula is C20H26N2O5S2. The van der Waals surface area contributed by atoms with Gasteiger partial charge in [-0.25, -0.2) is 13.1 Å². The highest BCUT2D eigenvalue weighted by molar-refractivity contribution is 7.98. The molecule has 0 aliphatic carbocycles. The minimum Gasteiger partial charge on any atom is -0.496 e. The van der Waals surface area contributed by atoms with Crippen LogP contribution in [0.3, 0.4) is 0 Å². The van der Waals surface area contributed by atoms with Gasteiger partial charge in [-0.1, -0.05) is 0 Å². The first-order valence-corrected chi connectivity index (χ1v) is 11.8. The summed E-state index contributed by atoms with van der Waals surface area (Å²) >= 11 is 1.55. The van der Waals surface area contributed by atoms with Gasteiger partial charge in [-0.2, -0.15) is 0 Å². The minimum absolute atomic E-state index is 0.133. The van der Waals surface area contributed by atoms with E-state index in [0.717, 1.165) is 4.90 Å². The molecule has 0 saturated carbocycles. The van der Waals surface area contributed by atoms with Crippen LogP contribution in [0.15, 0.2) is 52.3 Å². The summed E-state index contributed by atoms with van der Waals surface area (Å²) in [5.41, 5.74) is 0.888. The van der Waals surface area contributed by atoms with Crippen molar-refractivity contribution >= 4 is 33.4 Å². The number of benzene rings is 2. The van der Waals surface area contributed by atoms with Gasteiger partial charge in [-0.15, -0.1) is 11.8 Å². The zero-order valence-corrected chi connectivity index (χ0v) is 18.4. The number of methoxy groups -OCH3 is 1. The van der Waals surface area contributed by atoms with Crippen LogP contribution < -0.4 is 14.8 Å². The molecule has 0 aliphatic heterocycles. The molecule has 0 spiro atoms. The van der Waals surface area contributed by atoms with Gasteiger partial charge in [0.1, 0.15) is 5.75 Å². The molecule has 7 nitrogen and oxygen atoms in total. The molecule has 0 fully saturated rings. The summed E-state index contributed by atoms with van der Waals surface area (Å²) in [6.07, 6.45) is 2.54. The molecule has 1 amide bonds. The van der Waals surface area contributed by atoms with Gasteiger partial charge in [-0.05, 0) is 62.1 Å². The number of amides is 1. The second kappa shape index (κ2) is 11.2. The quantitative estimate of drug-likeness (QED) is 0.413. The van der Waals surface area contributed by atoms with Crippen molar-refractivity contribution in [3.63, 3.8) is 0 Å². The molecule has 2 aromatic carbocycles. The van der Waals surface area contributed by atoms with E-state index in [2.05, 4.69) is 10.0 Å². The molecule has 0 heterocycles. The maximum atomic E-state index is 12.6. The molecule has 0 unspecified atom stereocenters. The van der Waals surface area contributed by atoms with Gasteiger partial charge < -0.3 is 14.8 Å². The van der Waals surface area contributed by atoms with Crippen molar-refractivity contribution in [2.75, 3.05) is 38.4 Å². The van der Waals surface area contributed by atoms with E-state index in [0.29, 0.717) is 43.2 Å².